The van der Waals surface area contributed by atoms with E-state index in [4.69, 9.17) is 4.74 Å². The number of hydrogen-bond acceptors (Lipinski definition) is 3. The molecule has 1 aromatic rings. The average molecular weight is 244 g/mol. The molecule has 96 valence electrons. The lowest BCUT2D eigenvalue weighted by molar-refractivity contribution is 0.225. The maximum absolute atomic E-state index is 9.45. The Morgan fingerprint density at radius 1 is 1.39 bits per heavy atom. The summed E-state index contributed by atoms with van der Waals surface area (Å²) in [6, 6.07) is 8.79. The summed E-state index contributed by atoms with van der Waals surface area (Å²) in [5, 5.41) is 9.45. The van der Waals surface area contributed by atoms with Gasteiger partial charge in [-0.15, -0.1) is 0 Å². The van der Waals surface area contributed by atoms with Gasteiger partial charge in [-0.25, -0.2) is 0 Å². The first-order chi connectivity index (χ1) is 8.54. The van der Waals surface area contributed by atoms with Crippen molar-refractivity contribution in [1.29, 1.82) is 5.26 Å². The lowest BCUT2D eigenvalue weighted by Crippen LogP contribution is -2.28. The molecule has 0 amide bonds. The van der Waals surface area contributed by atoms with E-state index in [9.17, 15) is 5.26 Å². The number of aryl methyl sites for hydroxylation is 1. The number of nitriles is 1. The molecule has 1 aliphatic carbocycles. The first-order valence-corrected chi connectivity index (χ1v) is 6.26. The number of rotatable bonds is 4. The van der Waals surface area contributed by atoms with Gasteiger partial charge in [0.2, 0.25) is 0 Å². The first kappa shape index (κ1) is 12.9. The van der Waals surface area contributed by atoms with Crippen molar-refractivity contribution in [3.05, 3.63) is 29.3 Å². The van der Waals surface area contributed by atoms with E-state index in [0.29, 0.717) is 0 Å². The van der Waals surface area contributed by atoms with Gasteiger partial charge >= 0.3 is 0 Å². The molecule has 0 heterocycles. The van der Waals surface area contributed by atoms with Gasteiger partial charge in [-0.2, -0.15) is 5.26 Å². The molecule has 1 saturated carbocycles. The minimum Gasteiger partial charge on any atom is -0.496 e. The molecule has 2 rings (SSSR count). The van der Waals surface area contributed by atoms with Gasteiger partial charge in [0.15, 0.2) is 0 Å². The van der Waals surface area contributed by atoms with E-state index in [2.05, 4.69) is 24.0 Å². The van der Waals surface area contributed by atoms with Crippen LogP contribution >= 0.6 is 0 Å². The van der Waals surface area contributed by atoms with Crippen molar-refractivity contribution in [1.82, 2.24) is 4.90 Å². The van der Waals surface area contributed by atoms with Crippen LogP contribution in [0.15, 0.2) is 18.2 Å². The summed E-state index contributed by atoms with van der Waals surface area (Å²) in [4.78, 5) is 2.13. The zero-order chi connectivity index (χ0) is 13.3. The molecule has 0 radical (unpaired) electrons. The average Bonchev–Trinajstić information content (AvgIpc) is 3.10. The Hall–Kier alpha value is -1.53. The van der Waals surface area contributed by atoms with E-state index in [-0.39, 0.29) is 11.5 Å². The van der Waals surface area contributed by atoms with E-state index in [1.165, 1.54) is 5.56 Å². The Morgan fingerprint density at radius 3 is 2.50 bits per heavy atom. The van der Waals surface area contributed by atoms with Gasteiger partial charge in [0.05, 0.1) is 24.6 Å². The number of benzene rings is 1. The molecule has 3 heteroatoms. The molecule has 0 aliphatic heterocycles. The van der Waals surface area contributed by atoms with Crippen LogP contribution in [-0.2, 0) is 0 Å². The van der Waals surface area contributed by atoms with Crippen LogP contribution in [0.4, 0.5) is 0 Å². The quantitative estimate of drug-likeness (QED) is 0.817. The van der Waals surface area contributed by atoms with Crippen molar-refractivity contribution >= 4 is 0 Å². The standard InChI is InChI=1S/C15H20N2O/c1-11-5-6-13(18-4)12(9-11)14(17(2)3)15(10-16)7-8-15/h5-6,9,14H,7-8H2,1-4H3. The van der Waals surface area contributed by atoms with E-state index in [0.717, 1.165) is 24.2 Å². The van der Waals surface area contributed by atoms with Gasteiger partial charge in [-0.1, -0.05) is 17.7 Å². The SMILES string of the molecule is COc1ccc(C)cc1C(N(C)C)C1(C#N)CC1. The zero-order valence-corrected chi connectivity index (χ0v) is 11.5. The molecule has 1 aromatic carbocycles. The van der Waals surface area contributed by atoms with E-state index >= 15 is 0 Å². The second-order valence-corrected chi connectivity index (χ2v) is 5.38. The number of hydrogen-bond donors (Lipinski definition) is 0. The fourth-order valence-corrected chi connectivity index (χ4v) is 2.72. The third-order valence-corrected chi connectivity index (χ3v) is 3.73. The maximum atomic E-state index is 9.45. The van der Waals surface area contributed by atoms with Gasteiger partial charge in [0.25, 0.3) is 0 Å². The highest BCUT2D eigenvalue weighted by Crippen LogP contribution is 2.57. The summed E-state index contributed by atoms with van der Waals surface area (Å²) in [6.45, 7) is 2.07. The molecule has 1 atom stereocenters. The van der Waals surface area contributed by atoms with Gasteiger partial charge in [0.1, 0.15) is 5.75 Å². The Labute approximate surface area is 109 Å². The lowest BCUT2D eigenvalue weighted by Gasteiger charge is -2.30. The molecule has 3 nitrogen and oxygen atoms in total. The molecule has 1 unspecified atom stereocenters. The van der Waals surface area contributed by atoms with Crippen molar-refractivity contribution in [2.75, 3.05) is 21.2 Å². The molecule has 0 spiro atoms. The highest BCUT2D eigenvalue weighted by molar-refractivity contribution is 5.42. The summed E-state index contributed by atoms with van der Waals surface area (Å²) in [5.41, 5.74) is 2.10. The molecule has 0 aromatic heterocycles. The second kappa shape index (κ2) is 4.62. The topological polar surface area (TPSA) is 36.3 Å². The maximum Gasteiger partial charge on any atom is 0.123 e. The molecule has 18 heavy (non-hydrogen) atoms. The fourth-order valence-electron chi connectivity index (χ4n) is 2.72. The molecule has 1 fully saturated rings. The van der Waals surface area contributed by atoms with Crippen LogP contribution in [0.25, 0.3) is 0 Å². The van der Waals surface area contributed by atoms with Crippen LogP contribution < -0.4 is 4.74 Å². The van der Waals surface area contributed by atoms with Crippen LogP contribution in [0, 0.1) is 23.7 Å². The van der Waals surface area contributed by atoms with Gasteiger partial charge in [-0.05, 0) is 39.9 Å². The monoisotopic (exact) mass is 244 g/mol. The summed E-state index contributed by atoms with van der Waals surface area (Å²) in [6.07, 6.45) is 1.95. The van der Waals surface area contributed by atoms with Crippen molar-refractivity contribution in [2.45, 2.75) is 25.8 Å². The minimum atomic E-state index is -0.232. The van der Waals surface area contributed by atoms with Gasteiger partial charge in [0, 0.05) is 5.56 Å². The van der Waals surface area contributed by atoms with E-state index < -0.39 is 0 Å². The van der Waals surface area contributed by atoms with Crippen LogP contribution in [0.1, 0.15) is 30.0 Å². The Kier molecular flexibility index (Phi) is 3.32. The number of ether oxygens (including phenoxy) is 1. The Balaban J connectivity index is 2.50. The fraction of sp³-hybridized carbons (Fsp3) is 0.533. The number of nitrogens with zero attached hydrogens (tertiary/aromatic N) is 2. The van der Waals surface area contributed by atoms with Crippen LogP contribution in [0.3, 0.4) is 0 Å². The minimum absolute atomic E-state index is 0.109. The molecular formula is C15H20N2O. The Morgan fingerprint density at radius 2 is 2.06 bits per heavy atom. The largest absolute Gasteiger partial charge is 0.496 e. The predicted molar refractivity (Wildman–Crippen MR) is 71.4 cm³/mol. The summed E-state index contributed by atoms with van der Waals surface area (Å²) < 4.78 is 5.46. The van der Waals surface area contributed by atoms with Crippen molar-refractivity contribution in [3.8, 4) is 11.8 Å². The van der Waals surface area contributed by atoms with Crippen LogP contribution in [0.5, 0.6) is 5.75 Å². The third kappa shape index (κ3) is 2.09. The summed E-state index contributed by atoms with van der Waals surface area (Å²) in [5.74, 6) is 0.876. The van der Waals surface area contributed by atoms with E-state index in [1.54, 1.807) is 7.11 Å². The number of methoxy groups -OCH3 is 1. The van der Waals surface area contributed by atoms with Crippen molar-refractivity contribution in [3.63, 3.8) is 0 Å². The highest BCUT2D eigenvalue weighted by atomic mass is 16.5. The molecule has 0 saturated heterocycles. The van der Waals surface area contributed by atoms with Gasteiger partial charge in [-0.3, -0.25) is 0 Å². The third-order valence-electron chi connectivity index (χ3n) is 3.73. The Bertz CT molecular complexity index is 484. The molecule has 1 aliphatic rings. The molecule has 0 bridgehead atoms. The zero-order valence-electron chi connectivity index (χ0n) is 11.5. The molecular weight excluding hydrogens is 224 g/mol. The molecule has 0 N–H and O–H groups in total. The smallest absolute Gasteiger partial charge is 0.123 e. The van der Waals surface area contributed by atoms with E-state index in [1.807, 2.05) is 26.2 Å². The first-order valence-electron chi connectivity index (χ1n) is 6.26. The summed E-state index contributed by atoms with van der Waals surface area (Å²) >= 11 is 0. The van der Waals surface area contributed by atoms with Gasteiger partial charge < -0.3 is 9.64 Å². The summed E-state index contributed by atoms with van der Waals surface area (Å²) in [7, 11) is 5.75. The van der Waals surface area contributed by atoms with Crippen molar-refractivity contribution in [2.24, 2.45) is 5.41 Å². The highest BCUT2D eigenvalue weighted by Gasteiger charge is 2.52. The van der Waals surface area contributed by atoms with Crippen LogP contribution in [0.2, 0.25) is 0 Å². The van der Waals surface area contributed by atoms with Crippen molar-refractivity contribution < 1.29 is 4.74 Å². The normalized spacial score (nSPS) is 18.2. The second-order valence-electron chi connectivity index (χ2n) is 5.38. The predicted octanol–water partition coefficient (Wildman–Crippen LogP) is 2.91. The lowest BCUT2D eigenvalue weighted by atomic mass is 9.89. The van der Waals surface area contributed by atoms with Crippen LogP contribution in [-0.4, -0.2) is 26.1 Å².